The Morgan fingerprint density at radius 1 is 1.47 bits per heavy atom. The zero-order valence-electron chi connectivity index (χ0n) is 8.27. The van der Waals surface area contributed by atoms with Crippen molar-refractivity contribution in [3.63, 3.8) is 0 Å². The van der Waals surface area contributed by atoms with Gasteiger partial charge < -0.3 is 4.98 Å². The number of aromatic nitrogens is 4. The fourth-order valence-corrected chi connectivity index (χ4v) is 1.24. The maximum absolute atomic E-state index is 11.3. The second-order valence-electron chi connectivity index (χ2n) is 3.03. The van der Waals surface area contributed by atoms with Crippen LogP contribution in [0.15, 0.2) is 29.5 Å². The monoisotopic (exact) mass is 202 g/mol. The van der Waals surface area contributed by atoms with Gasteiger partial charge in [0, 0.05) is 18.0 Å². The molecule has 0 aliphatic rings. The van der Waals surface area contributed by atoms with E-state index in [2.05, 4.69) is 19.9 Å². The van der Waals surface area contributed by atoms with Gasteiger partial charge in [0.05, 0.1) is 0 Å². The lowest BCUT2D eigenvalue weighted by Gasteiger charge is -2.00. The van der Waals surface area contributed by atoms with Crippen LogP contribution in [-0.2, 0) is 6.42 Å². The second-order valence-corrected chi connectivity index (χ2v) is 3.03. The number of aryl methyl sites for hydroxylation is 1. The zero-order chi connectivity index (χ0) is 10.7. The third-order valence-electron chi connectivity index (χ3n) is 1.98. The van der Waals surface area contributed by atoms with E-state index < -0.39 is 0 Å². The molecule has 0 amide bonds. The number of nitrogens with zero attached hydrogens (tertiary/aromatic N) is 3. The predicted molar refractivity (Wildman–Crippen MR) is 55.3 cm³/mol. The molecule has 76 valence electrons. The van der Waals surface area contributed by atoms with Gasteiger partial charge >= 0.3 is 0 Å². The summed E-state index contributed by atoms with van der Waals surface area (Å²) in [5, 5.41) is 0. The number of H-pyrrole nitrogens is 1. The number of nitrogens with one attached hydrogen (secondary N) is 1. The van der Waals surface area contributed by atoms with Gasteiger partial charge in [0.2, 0.25) is 0 Å². The number of rotatable bonds is 2. The van der Waals surface area contributed by atoms with E-state index in [9.17, 15) is 4.79 Å². The maximum atomic E-state index is 11.3. The molecule has 0 aliphatic heterocycles. The number of aromatic amines is 1. The molecule has 0 fully saturated rings. The van der Waals surface area contributed by atoms with Crippen LogP contribution < -0.4 is 5.56 Å². The van der Waals surface area contributed by atoms with Crippen molar-refractivity contribution in [2.24, 2.45) is 0 Å². The molecule has 5 nitrogen and oxygen atoms in total. The van der Waals surface area contributed by atoms with E-state index in [0.717, 1.165) is 12.1 Å². The van der Waals surface area contributed by atoms with Crippen LogP contribution >= 0.6 is 0 Å². The van der Waals surface area contributed by atoms with Gasteiger partial charge in [-0.1, -0.05) is 6.92 Å². The Morgan fingerprint density at radius 2 is 2.33 bits per heavy atom. The fraction of sp³-hybridized carbons (Fsp3) is 0.200. The Morgan fingerprint density at radius 3 is 3.00 bits per heavy atom. The van der Waals surface area contributed by atoms with Crippen molar-refractivity contribution in [2.45, 2.75) is 13.3 Å². The first-order valence-corrected chi connectivity index (χ1v) is 4.66. The molecule has 0 radical (unpaired) electrons. The van der Waals surface area contributed by atoms with Crippen LogP contribution in [0.5, 0.6) is 0 Å². The summed E-state index contributed by atoms with van der Waals surface area (Å²) in [5.74, 6) is 0.488. The standard InChI is InChI=1S/C10H10N4O/c1-2-7-5-9(15)14-10(13-7)8-3-4-11-6-12-8/h3-6H,2H2,1H3,(H,13,14,15). The Labute approximate surface area is 86.3 Å². The first-order chi connectivity index (χ1) is 7.29. The first-order valence-electron chi connectivity index (χ1n) is 4.66. The van der Waals surface area contributed by atoms with Crippen LogP contribution in [0.2, 0.25) is 0 Å². The highest BCUT2D eigenvalue weighted by Gasteiger charge is 2.03. The molecule has 2 aromatic heterocycles. The maximum Gasteiger partial charge on any atom is 0.251 e. The molecule has 0 saturated carbocycles. The normalized spacial score (nSPS) is 10.2. The van der Waals surface area contributed by atoms with E-state index in [4.69, 9.17) is 0 Å². The first kappa shape index (κ1) is 9.51. The molecule has 0 unspecified atom stereocenters. The second kappa shape index (κ2) is 4.00. The summed E-state index contributed by atoms with van der Waals surface area (Å²) in [6.45, 7) is 1.95. The SMILES string of the molecule is CCc1cc(=O)[nH]c(-c2ccncn2)n1. The van der Waals surface area contributed by atoms with E-state index >= 15 is 0 Å². The van der Waals surface area contributed by atoms with Gasteiger partial charge in [-0.3, -0.25) is 4.79 Å². The van der Waals surface area contributed by atoms with Crippen LogP contribution in [0.3, 0.4) is 0 Å². The predicted octanol–water partition coefficient (Wildman–Crippen LogP) is 0.789. The Hall–Kier alpha value is -2.04. The summed E-state index contributed by atoms with van der Waals surface area (Å²) in [7, 11) is 0. The van der Waals surface area contributed by atoms with Gasteiger partial charge in [0.15, 0.2) is 5.82 Å². The van der Waals surface area contributed by atoms with Crippen molar-refractivity contribution < 1.29 is 0 Å². The quantitative estimate of drug-likeness (QED) is 0.781. The molecule has 5 heteroatoms. The summed E-state index contributed by atoms with van der Waals surface area (Å²) >= 11 is 0. The van der Waals surface area contributed by atoms with Gasteiger partial charge in [-0.25, -0.2) is 15.0 Å². The Balaban J connectivity index is 2.54. The van der Waals surface area contributed by atoms with E-state index in [1.54, 1.807) is 12.3 Å². The molecular formula is C10H10N4O. The molecule has 15 heavy (non-hydrogen) atoms. The van der Waals surface area contributed by atoms with E-state index in [1.165, 1.54) is 12.4 Å². The van der Waals surface area contributed by atoms with E-state index in [1.807, 2.05) is 6.92 Å². The molecule has 0 spiro atoms. The van der Waals surface area contributed by atoms with Crippen molar-refractivity contribution >= 4 is 0 Å². The smallest absolute Gasteiger partial charge is 0.251 e. The van der Waals surface area contributed by atoms with Crippen molar-refractivity contribution in [2.75, 3.05) is 0 Å². The molecule has 2 heterocycles. The lowest BCUT2D eigenvalue weighted by atomic mass is 10.3. The van der Waals surface area contributed by atoms with Crippen molar-refractivity contribution in [1.82, 2.24) is 19.9 Å². The molecule has 2 rings (SSSR count). The van der Waals surface area contributed by atoms with Crippen molar-refractivity contribution in [1.29, 1.82) is 0 Å². The molecule has 0 saturated heterocycles. The van der Waals surface area contributed by atoms with Gasteiger partial charge in [-0.15, -0.1) is 0 Å². The van der Waals surface area contributed by atoms with Gasteiger partial charge in [-0.05, 0) is 12.5 Å². The molecule has 2 aromatic rings. The van der Waals surface area contributed by atoms with Gasteiger partial charge in [0.25, 0.3) is 5.56 Å². The fourth-order valence-electron chi connectivity index (χ4n) is 1.24. The summed E-state index contributed by atoms with van der Waals surface area (Å²) in [6, 6.07) is 3.20. The Kier molecular flexibility index (Phi) is 2.53. The summed E-state index contributed by atoms with van der Waals surface area (Å²) in [6.07, 6.45) is 3.76. The van der Waals surface area contributed by atoms with Gasteiger partial charge in [0.1, 0.15) is 12.0 Å². The highest BCUT2D eigenvalue weighted by molar-refractivity contribution is 5.47. The lowest BCUT2D eigenvalue weighted by Crippen LogP contribution is -2.10. The molecule has 0 bridgehead atoms. The van der Waals surface area contributed by atoms with Crippen LogP contribution in [-0.4, -0.2) is 19.9 Å². The zero-order valence-corrected chi connectivity index (χ0v) is 8.27. The van der Waals surface area contributed by atoms with Crippen LogP contribution in [0.4, 0.5) is 0 Å². The summed E-state index contributed by atoms with van der Waals surface area (Å²) in [5.41, 5.74) is 1.22. The highest BCUT2D eigenvalue weighted by Crippen LogP contribution is 2.08. The van der Waals surface area contributed by atoms with E-state index in [0.29, 0.717) is 11.5 Å². The van der Waals surface area contributed by atoms with Crippen LogP contribution in [0.25, 0.3) is 11.5 Å². The van der Waals surface area contributed by atoms with Gasteiger partial charge in [-0.2, -0.15) is 0 Å². The molecule has 0 atom stereocenters. The number of hydrogen-bond donors (Lipinski definition) is 1. The van der Waals surface area contributed by atoms with Crippen molar-refractivity contribution in [3.05, 3.63) is 40.7 Å². The van der Waals surface area contributed by atoms with Crippen LogP contribution in [0.1, 0.15) is 12.6 Å². The van der Waals surface area contributed by atoms with Crippen LogP contribution in [0, 0.1) is 0 Å². The average Bonchev–Trinajstić information content (AvgIpc) is 2.29. The summed E-state index contributed by atoms with van der Waals surface area (Å²) < 4.78 is 0. The minimum Gasteiger partial charge on any atom is -0.305 e. The Bertz CT molecular complexity index is 506. The average molecular weight is 202 g/mol. The lowest BCUT2D eigenvalue weighted by molar-refractivity contribution is 0.976. The highest BCUT2D eigenvalue weighted by atomic mass is 16.1. The molecule has 0 aromatic carbocycles. The minimum atomic E-state index is -0.157. The molecule has 0 aliphatic carbocycles. The summed E-state index contributed by atoms with van der Waals surface area (Å²) in [4.78, 5) is 26.0. The molecule has 1 N–H and O–H groups in total. The van der Waals surface area contributed by atoms with E-state index in [-0.39, 0.29) is 5.56 Å². The minimum absolute atomic E-state index is 0.157. The largest absolute Gasteiger partial charge is 0.305 e. The van der Waals surface area contributed by atoms with Crippen molar-refractivity contribution in [3.8, 4) is 11.5 Å². The number of hydrogen-bond acceptors (Lipinski definition) is 4. The third-order valence-corrected chi connectivity index (χ3v) is 1.98. The third kappa shape index (κ3) is 2.07. The topological polar surface area (TPSA) is 71.5 Å². The molecular weight excluding hydrogens is 192 g/mol.